The van der Waals surface area contributed by atoms with Gasteiger partial charge < -0.3 is 20.3 Å². The first-order chi connectivity index (χ1) is 14.1. The number of ketones is 2. The molecule has 158 valence electrons. The van der Waals surface area contributed by atoms with Gasteiger partial charge in [0.2, 0.25) is 11.6 Å². The Morgan fingerprint density at radius 1 is 0.967 bits per heavy atom. The van der Waals surface area contributed by atoms with Crippen LogP contribution in [0.3, 0.4) is 0 Å². The largest absolute Gasteiger partial charge is 0.444 e. The van der Waals surface area contributed by atoms with Crippen molar-refractivity contribution >= 4 is 17.7 Å². The van der Waals surface area contributed by atoms with Crippen LogP contribution in [0, 0.1) is 0 Å². The third-order valence-corrected chi connectivity index (χ3v) is 4.77. The number of aliphatic hydroxyl groups excluding tert-OH is 2. The van der Waals surface area contributed by atoms with Gasteiger partial charge in [-0.15, -0.1) is 0 Å². The Morgan fingerprint density at radius 3 is 2.20 bits per heavy atom. The lowest BCUT2D eigenvalue weighted by molar-refractivity contribution is 0.0123. The molecule has 0 saturated carbocycles. The molecule has 2 unspecified atom stereocenters. The molecular weight excluding hydrogens is 386 g/mol. The number of Topliss-reactive ketones (excluding diaryl/α,β-unsaturated/α-hetero) is 2. The minimum Gasteiger partial charge on any atom is -0.444 e. The highest BCUT2D eigenvalue weighted by molar-refractivity contribution is 6.52. The molecule has 0 aliphatic heterocycles. The van der Waals surface area contributed by atoms with Gasteiger partial charge in [0, 0.05) is 17.7 Å². The first kappa shape index (κ1) is 21.7. The van der Waals surface area contributed by atoms with Crippen LogP contribution in [-0.2, 0) is 4.74 Å². The topological polar surface area (TPSA) is 113 Å². The molecule has 7 nitrogen and oxygen atoms in total. The molecule has 0 saturated heterocycles. The molecule has 1 aliphatic carbocycles. The minimum atomic E-state index is -1.23. The number of hydrogen-bond acceptors (Lipinski definition) is 6. The fraction of sp³-hybridized carbons (Fsp3) is 0.348. The number of fused-ring (bicyclic) bond motifs is 3. The second kappa shape index (κ2) is 8.38. The van der Waals surface area contributed by atoms with Gasteiger partial charge in [0.25, 0.3) is 0 Å². The number of rotatable bonds is 5. The van der Waals surface area contributed by atoms with Crippen molar-refractivity contribution in [3.05, 3.63) is 59.2 Å². The Kier molecular flexibility index (Phi) is 6.05. The van der Waals surface area contributed by atoms with Crippen LogP contribution >= 0.6 is 0 Å². The van der Waals surface area contributed by atoms with E-state index in [1.54, 1.807) is 51.1 Å². The summed E-state index contributed by atoms with van der Waals surface area (Å²) in [6.07, 6.45) is -2.87. The molecule has 0 heterocycles. The number of ether oxygens (including phenoxy) is 1. The number of alkyl carbamates (subject to hydrolysis) is 1. The van der Waals surface area contributed by atoms with E-state index in [4.69, 9.17) is 4.74 Å². The second-order valence-corrected chi connectivity index (χ2v) is 8.24. The van der Waals surface area contributed by atoms with E-state index in [0.29, 0.717) is 22.3 Å². The molecule has 1 aliphatic rings. The van der Waals surface area contributed by atoms with E-state index in [1.165, 1.54) is 12.1 Å². The smallest absolute Gasteiger partial charge is 0.407 e. The number of amides is 1. The molecule has 3 rings (SSSR count). The molecule has 1 amide bonds. The number of carbonyl (C=O) groups is 3. The zero-order valence-electron chi connectivity index (χ0n) is 17.1. The summed E-state index contributed by atoms with van der Waals surface area (Å²) < 4.78 is 5.13. The van der Waals surface area contributed by atoms with Crippen molar-refractivity contribution in [2.24, 2.45) is 0 Å². The molecular formula is C23H25NO6. The van der Waals surface area contributed by atoms with Gasteiger partial charge in [-0.3, -0.25) is 9.59 Å². The Balaban J connectivity index is 1.72. The van der Waals surface area contributed by atoms with Crippen LogP contribution in [-0.4, -0.2) is 46.1 Å². The van der Waals surface area contributed by atoms with Crippen molar-refractivity contribution in [3.8, 4) is 11.1 Å². The van der Waals surface area contributed by atoms with Gasteiger partial charge in [0.1, 0.15) is 11.7 Å². The Bertz CT molecular complexity index is 991. The maximum absolute atomic E-state index is 12.4. The molecule has 2 aromatic carbocycles. The number of benzene rings is 2. The van der Waals surface area contributed by atoms with Crippen molar-refractivity contribution in [2.45, 2.75) is 45.0 Å². The average Bonchev–Trinajstić information content (AvgIpc) is 2.69. The third kappa shape index (κ3) is 4.58. The van der Waals surface area contributed by atoms with E-state index in [0.717, 1.165) is 0 Å². The van der Waals surface area contributed by atoms with Crippen molar-refractivity contribution < 1.29 is 29.3 Å². The summed E-state index contributed by atoms with van der Waals surface area (Å²) >= 11 is 0. The van der Waals surface area contributed by atoms with E-state index in [-0.39, 0.29) is 18.5 Å². The van der Waals surface area contributed by atoms with Crippen LogP contribution < -0.4 is 5.32 Å². The second-order valence-electron chi connectivity index (χ2n) is 8.24. The summed E-state index contributed by atoms with van der Waals surface area (Å²) in [6, 6.07) is 11.4. The number of carbonyl (C=O) groups excluding carboxylic acids is 3. The molecule has 30 heavy (non-hydrogen) atoms. The van der Waals surface area contributed by atoms with Gasteiger partial charge in [-0.2, -0.15) is 0 Å². The quantitative estimate of drug-likeness (QED) is 0.652. The Hall–Kier alpha value is -3.03. The lowest BCUT2D eigenvalue weighted by atomic mass is 9.82. The summed E-state index contributed by atoms with van der Waals surface area (Å²) in [5, 5.41) is 23.4. The lowest BCUT2D eigenvalue weighted by Gasteiger charge is -2.23. The van der Waals surface area contributed by atoms with Crippen molar-refractivity contribution in [3.63, 3.8) is 0 Å². The van der Waals surface area contributed by atoms with Crippen molar-refractivity contribution in [2.75, 3.05) is 6.54 Å². The van der Waals surface area contributed by atoms with Crippen LogP contribution in [0.1, 0.15) is 59.6 Å². The highest BCUT2D eigenvalue weighted by Gasteiger charge is 2.31. The van der Waals surface area contributed by atoms with E-state index in [1.807, 2.05) is 0 Å². The fourth-order valence-electron chi connectivity index (χ4n) is 3.34. The monoisotopic (exact) mass is 411 g/mol. The summed E-state index contributed by atoms with van der Waals surface area (Å²) in [4.78, 5) is 36.3. The molecule has 3 N–H and O–H groups in total. The molecule has 0 fully saturated rings. The van der Waals surface area contributed by atoms with E-state index >= 15 is 0 Å². The number of hydrogen-bond donors (Lipinski definition) is 3. The van der Waals surface area contributed by atoms with Gasteiger partial charge in [-0.05, 0) is 56.0 Å². The van der Waals surface area contributed by atoms with Gasteiger partial charge in [0.05, 0.1) is 6.10 Å². The van der Waals surface area contributed by atoms with Crippen molar-refractivity contribution in [1.29, 1.82) is 0 Å². The molecule has 0 bridgehead atoms. The van der Waals surface area contributed by atoms with Crippen LogP contribution in [0.5, 0.6) is 0 Å². The van der Waals surface area contributed by atoms with E-state index < -0.39 is 35.5 Å². The predicted octanol–water partition coefficient (Wildman–Crippen LogP) is 3.04. The van der Waals surface area contributed by atoms with Crippen LogP contribution in [0.4, 0.5) is 4.79 Å². The molecule has 2 atom stereocenters. The van der Waals surface area contributed by atoms with Crippen LogP contribution in [0.2, 0.25) is 0 Å². The number of aliphatic hydroxyl groups is 2. The predicted molar refractivity (Wildman–Crippen MR) is 110 cm³/mol. The fourth-order valence-corrected chi connectivity index (χ4v) is 3.34. The summed E-state index contributed by atoms with van der Waals surface area (Å²) in [5.74, 6) is -1.15. The highest BCUT2D eigenvalue weighted by Crippen LogP contribution is 2.35. The SMILES string of the molecule is CC(C)(C)OC(=O)NCCC(O)C(O)c1ccc2c(c1)-c1ccccc1C(=O)C2=O. The highest BCUT2D eigenvalue weighted by atomic mass is 16.6. The van der Waals surface area contributed by atoms with Crippen LogP contribution in [0.15, 0.2) is 42.5 Å². The maximum Gasteiger partial charge on any atom is 0.407 e. The average molecular weight is 411 g/mol. The molecule has 2 aromatic rings. The minimum absolute atomic E-state index is 0.103. The molecule has 0 aromatic heterocycles. The first-order valence-corrected chi connectivity index (χ1v) is 9.74. The first-order valence-electron chi connectivity index (χ1n) is 9.74. The Labute approximate surface area is 174 Å². The lowest BCUT2D eigenvalue weighted by Crippen LogP contribution is -2.34. The van der Waals surface area contributed by atoms with Crippen molar-refractivity contribution in [1.82, 2.24) is 5.32 Å². The van der Waals surface area contributed by atoms with E-state index in [9.17, 15) is 24.6 Å². The van der Waals surface area contributed by atoms with Gasteiger partial charge in [-0.25, -0.2) is 4.79 Å². The molecule has 7 heteroatoms. The molecule has 0 radical (unpaired) electrons. The van der Waals surface area contributed by atoms with Gasteiger partial charge in [-0.1, -0.05) is 30.3 Å². The Morgan fingerprint density at radius 2 is 1.57 bits per heavy atom. The summed E-state index contributed by atoms with van der Waals surface area (Å²) in [6.45, 7) is 5.36. The third-order valence-electron chi connectivity index (χ3n) is 4.77. The normalized spacial score (nSPS) is 15.1. The van der Waals surface area contributed by atoms with Gasteiger partial charge >= 0.3 is 6.09 Å². The van der Waals surface area contributed by atoms with Crippen LogP contribution in [0.25, 0.3) is 11.1 Å². The summed E-state index contributed by atoms with van der Waals surface area (Å²) in [5.41, 5.74) is 1.55. The zero-order valence-corrected chi connectivity index (χ0v) is 17.1. The van der Waals surface area contributed by atoms with Gasteiger partial charge in [0.15, 0.2) is 0 Å². The zero-order chi connectivity index (χ0) is 22.1. The van der Waals surface area contributed by atoms with E-state index in [2.05, 4.69) is 5.32 Å². The summed E-state index contributed by atoms with van der Waals surface area (Å²) in [7, 11) is 0. The standard InChI is InChI=1S/C23H25NO6/c1-23(2,3)30-22(29)24-11-10-18(25)19(26)13-8-9-16-17(12-13)14-6-4-5-7-15(14)20(27)21(16)28/h4-9,12,18-19,25-26H,10-11H2,1-3H3,(H,24,29). The maximum atomic E-state index is 12.4. The number of nitrogens with one attached hydrogen (secondary N) is 1. The molecule has 0 spiro atoms.